The van der Waals surface area contributed by atoms with Crippen LogP contribution in [0.2, 0.25) is 0 Å². The van der Waals surface area contributed by atoms with Gasteiger partial charge in [-0.05, 0) is 49.7 Å². The van der Waals surface area contributed by atoms with Crippen molar-refractivity contribution in [2.24, 2.45) is 0 Å². The number of carbonyl (C=O) groups excluding carboxylic acids is 2. The maximum absolute atomic E-state index is 12.7. The molecule has 1 aliphatic heterocycles. The number of morpholine rings is 1. The van der Waals surface area contributed by atoms with Crippen molar-refractivity contribution in [2.45, 2.75) is 19.4 Å². The van der Waals surface area contributed by atoms with Gasteiger partial charge in [-0.1, -0.05) is 6.08 Å². The summed E-state index contributed by atoms with van der Waals surface area (Å²) in [6.07, 6.45) is 1.19. The molecule has 0 radical (unpaired) electrons. The molecule has 1 atom stereocenters. The molecule has 8 heteroatoms. The third-order valence-electron chi connectivity index (χ3n) is 5.32. The van der Waals surface area contributed by atoms with Crippen LogP contribution < -0.4 is 19.7 Å². The smallest absolute Gasteiger partial charge is 0.339 e. The zero-order chi connectivity index (χ0) is 23.8. The normalized spacial score (nSPS) is 14.2. The Labute approximate surface area is 194 Å². The Morgan fingerprint density at radius 2 is 1.85 bits per heavy atom. The molecule has 176 valence electrons. The summed E-state index contributed by atoms with van der Waals surface area (Å²) in [5.74, 6) is -0.123. The number of hydrogen-bond acceptors (Lipinski definition) is 7. The lowest BCUT2D eigenvalue weighted by Crippen LogP contribution is -2.36. The van der Waals surface area contributed by atoms with E-state index in [2.05, 4.69) is 16.8 Å². The van der Waals surface area contributed by atoms with E-state index in [0.29, 0.717) is 36.8 Å². The van der Waals surface area contributed by atoms with Crippen LogP contribution in [0.25, 0.3) is 0 Å². The summed E-state index contributed by atoms with van der Waals surface area (Å²) in [6.45, 7) is 8.34. The molecule has 1 fully saturated rings. The summed E-state index contributed by atoms with van der Waals surface area (Å²) in [6, 6.07) is 10.7. The third-order valence-corrected chi connectivity index (χ3v) is 5.32. The van der Waals surface area contributed by atoms with Crippen molar-refractivity contribution in [1.82, 2.24) is 0 Å². The van der Waals surface area contributed by atoms with E-state index in [1.54, 1.807) is 12.1 Å². The van der Waals surface area contributed by atoms with Crippen molar-refractivity contribution in [3.8, 4) is 11.5 Å². The number of carbonyl (C=O) groups is 2. The van der Waals surface area contributed by atoms with Crippen LogP contribution in [-0.4, -0.2) is 58.5 Å². The van der Waals surface area contributed by atoms with Gasteiger partial charge in [0.2, 0.25) is 0 Å². The summed E-state index contributed by atoms with van der Waals surface area (Å²) >= 11 is 0. The molecular formula is C25H30N2O6. The van der Waals surface area contributed by atoms with Crippen LogP contribution in [0.4, 0.5) is 11.4 Å². The zero-order valence-electron chi connectivity index (χ0n) is 19.3. The summed E-state index contributed by atoms with van der Waals surface area (Å²) in [7, 11) is 3.02. The van der Waals surface area contributed by atoms with E-state index >= 15 is 0 Å². The van der Waals surface area contributed by atoms with Gasteiger partial charge in [-0.25, -0.2) is 4.79 Å². The largest absolute Gasteiger partial charge is 0.493 e. The van der Waals surface area contributed by atoms with Gasteiger partial charge in [-0.2, -0.15) is 0 Å². The van der Waals surface area contributed by atoms with Crippen LogP contribution in [0.3, 0.4) is 0 Å². The van der Waals surface area contributed by atoms with Crippen molar-refractivity contribution >= 4 is 23.3 Å². The van der Waals surface area contributed by atoms with Crippen molar-refractivity contribution < 1.29 is 28.5 Å². The van der Waals surface area contributed by atoms with Crippen LogP contribution in [0.5, 0.6) is 11.5 Å². The van der Waals surface area contributed by atoms with E-state index in [1.807, 2.05) is 24.3 Å². The Bertz CT molecular complexity index is 983. The van der Waals surface area contributed by atoms with Crippen molar-refractivity contribution in [2.75, 3.05) is 50.7 Å². The number of hydrogen-bond donors (Lipinski definition) is 1. The standard InChI is InChI=1S/C25H30N2O6/c1-5-6-18-15-19(16-22(30-3)23(18)31-4)25(29)33-17(2)24(28)26-20-7-9-21(10-8-20)27-11-13-32-14-12-27/h5,7-10,15-17H,1,6,11-14H2,2-4H3,(H,26,28). The number of ether oxygens (including phenoxy) is 4. The van der Waals surface area contributed by atoms with Gasteiger partial charge in [-0.3, -0.25) is 4.79 Å². The highest BCUT2D eigenvalue weighted by Crippen LogP contribution is 2.33. The highest BCUT2D eigenvalue weighted by Gasteiger charge is 2.22. The molecule has 1 saturated heterocycles. The number of benzene rings is 2. The molecule has 8 nitrogen and oxygen atoms in total. The molecule has 2 aromatic rings. The summed E-state index contributed by atoms with van der Waals surface area (Å²) < 4.78 is 21.5. The molecule has 0 saturated carbocycles. The molecule has 33 heavy (non-hydrogen) atoms. The molecular weight excluding hydrogens is 424 g/mol. The first-order valence-corrected chi connectivity index (χ1v) is 10.8. The van der Waals surface area contributed by atoms with Gasteiger partial charge >= 0.3 is 5.97 Å². The van der Waals surface area contributed by atoms with Crippen molar-refractivity contribution in [3.63, 3.8) is 0 Å². The van der Waals surface area contributed by atoms with Gasteiger partial charge in [0, 0.05) is 30.0 Å². The van der Waals surface area contributed by atoms with E-state index in [9.17, 15) is 9.59 Å². The van der Waals surface area contributed by atoms with Gasteiger partial charge in [0.05, 0.1) is 33.0 Å². The molecule has 0 spiro atoms. The Morgan fingerprint density at radius 3 is 2.45 bits per heavy atom. The lowest BCUT2D eigenvalue weighted by atomic mass is 10.1. The predicted molar refractivity (Wildman–Crippen MR) is 126 cm³/mol. The molecule has 0 bridgehead atoms. The van der Waals surface area contributed by atoms with Gasteiger partial charge in [0.1, 0.15) is 0 Å². The van der Waals surface area contributed by atoms with Gasteiger partial charge < -0.3 is 29.2 Å². The molecule has 0 aliphatic carbocycles. The van der Waals surface area contributed by atoms with Gasteiger partial charge in [0.15, 0.2) is 17.6 Å². The molecule has 2 aromatic carbocycles. The van der Waals surface area contributed by atoms with Crippen LogP contribution in [0.1, 0.15) is 22.8 Å². The Kier molecular flexibility index (Phi) is 8.32. The molecule has 1 amide bonds. The highest BCUT2D eigenvalue weighted by atomic mass is 16.5. The van der Waals surface area contributed by atoms with Crippen LogP contribution in [0, 0.1) is 0 Å². The summed E-state index contributed by atoms with van der Waals surface area (Å²) in [5.41, 5.74) is 2.69. The second-order valence-electron chi connectivity index (χ2n) is 7.55. The maximum Gasteiger partial charge on any atom is 0.339 e. The fourth-order valence-electron chi connectivity index (χ4n) is 3.57. The Balaban J connectivity index is 1.64. The average Bonchev–Trinajstić information content (AvgIpc) is 2.84. The van der Waals surface area contributed by atoms with Gasteiger partial charge in [0.25, 0.3) is 5.91 Å². The summed E-state index contributed by atoms with van der Waals surface area (Å²) in [5, 5.41) is 2.78. The monoisotopic (exact) mass is 454 g/mol. The first-order chi connectivity index (χ1) is 16.0. The molecule has 1 N–H and O–H groups in total. The zero-order valence-corrected chi connectivity index (χ0v) is 19.3. The number of anilines is 2. The number of allylic oxidation sites excluding steroid dienone is 1. The molecule has 3 rings (SSSR count). The van der Waals surface area contributed by atoms with Crippen LogP contribution in [-0.2, 0) is 20.7 Å². The van der Waals surface area contributed by atoms with Crippen molar-refractivity contribution in [3.05, 3.63) is 60.2 Å². The minimum atomic E-state index is -0.993. The topological polar surface area (TPSA) is 86.3 Å². The van der Waals surface area contributed by atoms with E-state index in [4.69, 9.17) is 18.9 Å². The molecule has 0 aromatic heterocycles. The number of nitrogens with one attached hydrogen (secondary N) is 1. The van der Waals surface area contributed by atoms with Gasteiger partial charge in [-0.15, -0.1) is 6.58 Å². The average molecular weight is 455 g/mol. The molecule has 1 aliphatic rings. The number of nitrogens with zero attached hydrogens (tertiary/aromatic N) is 1. The second kappa shape index (κ2) is 11.4. The van der Waals surface area contributed by atoms with E-state index in [-0.39, 0.29) is 5.56 Å². The molecule has 1 unspecified atom stereocenters. The highest BCUT2D eigenvalue weighted by molar-refractivity contribution is 5.97. The Morgan fingerprint density at radius 1 is 1.15 bits per heavy atom. The lowest BCUT2D eigenvalue weighted by molar-refractivity contribution is -0.123. The fraction of sp³-hybridized carbons (Fsp3) is 0.360. The van der Waals surface area contributed by atoms with Crippen molar-refractivity contribution in [1.29, 1.82) is 0 Å². The minimum absolute atomic E-state index is 0.263. The minimum Gasteiger partial charge on any atom is -0.493 e. The first kappa shape index (κ1) is 24.1. The molecule has 1 heterocycles. The number of amides is 1. The quantitative estimate of drug-likeness (QED) is 0.459. The fourth-order valence-corrected chi connectivity index (χ4v) is 3.57. The Hall–Kier alpha value is -3.52. The van der Waals surface area contributed by atoms with E-state index < -0.39 is 18.0 Å². The lowest BCUT2D eigenvalue weighted by Gasteiger charge is -2.28. The SMILES string of the molecule is C=CCc1cc(C(=O)OC(C)C(=O)Nc2ccc(N3CCOCC3)cc2)cc(OC)c1OC. The number of rotatable bonds is 9. The maximum atomic E-state index is 12.7. The third kappa shape index (κ3) is 6.04. The van der Waals surface area contributed by atoms with Crippen LogP contribution in [0.15, 0.2) is 49.1 Å². The summed E-state index contributed by atoms with van der Waals surface area (Å²) in [4.78, 5) is 27.5. The van der Waals surface area contributed by atoms with E-state index in [1.165, 1.54) is 27.2 Å². The van der Waals surface area contributed by atoms with E-state index in [0.717, 1.165) is 24.3 Å². The second-order valence-corrected chi connectivity index (χ2v) is 7.55. The number of esters is 1. The number of methoxy groups -OCH3 is 2. The predicted octanol–water partition coefficient (Wildman–Crippen LogP) is 3.45. The first-order valence-electron chi connectivity index (χ1n) is 10.8. The van der Waals surface area contributed by atoms with Crippen LogP contribution >= 0.6 is 0 Å².